The Morgan fingerprint density at radius 1 is 0.920 bits per heavy atom. The number of anilines is 3. The molecule has 0 saturated heterocycles. The van der Waals surface area contributed by atoms with Gasteiger partial charge in [-0.2, -0.15) is 0 Å². The van der Waals surface area contributed by atoms with Crippen LogP contribution in [-0.4, -0.2) is 24.6 Å². The van der Waals surface area contributed by atoms with Crippen LogP contribution in [0.3, 0.4) is 0 Å². The van der Waals surface area contributed by atoms with Crippen LogP contribution < -0.4 is 25.4 Å². The molecule has 25 heavy (non-hydrogen) atoms. The highest BCUT2D eigenvalue weighted by molar-refractivity contribution is 5.96. The number of nitrogens with one attached hydrogen (secondary N) is 3. The molecule has 1 aliphatic rings. The van der Waals surface area contributed by atoms with E-state index in [1.165, 1.54) is 6.92 Å². The summed E-state index contributed by atoms with van der Waals surface area (Å²) in [5, 5.41) is 8.64. The number of fused-ring (bicyclic) bond motifs is 1. The highest BCUT2D eigenvalue weighted by atomic mass is 16.7. The summed E-state index contributed by atoms with van der Waals surface area (Å²) in [6.07, 6.45) is 0. The van der Waals surface area contributed by atoms with E-state index < -0.39 is 6.04 Å². The van der Waals surface area contributed by atoms with Gasteiger partial charge in [-0.3, -0.25) is 9.59 Å². The van der Waals surface area contributed by atoms with Crippen molar-refractivity contribution in [2.75, 3.05) is 22.7 Å². The number of ether oxygens (including phenoxy) is 2. The zero-order chi connectivity index (χ0) is 17.8. The van der Waals surface area contributed by atoms with Crippen LogP contribution in [0, 0.1) is 0 Å². The van der Waals surface area contributed by atoms with Gasteiger partial charge >= 0.3 is 0 Å². The molecule has 1 unspecified atom stereocenters. The first kappa shape index (κ1) is 16.6. The molecule has 1 atom stereocenters. The summed E-state index contributed by atoms with van der Waals surface area (Å²) in [6.45, 7) is 3.41. The monoisotopic (exact) mass is 341 g/mol. The second-order valence-electron chi connectivity index (χ2n) is 5.68. The Labute approximate surface area is 145 Å². The van der Waals surface area contributed by atoms with Crippen molar-refractivity contribution in [2.45, 2.75) is 19.9 Å². The first-order valence-corrected chi connectivity index (χ1v) is 7.86. The smallest absolute Gasteiger partial charge is 0.246 e. The molecule has 0 radical (unpaired) electrons. The van der Waals surface area contributed by atoms with Crippen LogP contribution in [0.2, 0.25) is 0 Å². The van der Waals surface area contributed by atoms with Crippen molar-refractivity contribution in [1.29, 1.82) is 0 Å². The molecule has 0 aliphatic carbocycles. The average molecular weight is 341 g/mol. The fourth-order valence-corrected chi connectivity index (χ4v) is 2.39. The van der Waals surface area contributed by atoms with Gasteiger partial charge < -0.3 is 25.4 Å². The quantitative estimate of drug-likeness (QED) is 0.778. The summed E-state index contributed by atoms with van der Waals surface area (Å²) in [7, 11) is 0. The Bertz CT molecular complexity index is 789. The molecule has 2 aromatic rings. The molecule has 130 valence electrons. The predicted molar refractivity (Wildman–Crippen MR) is 95.0 cm³/mol. The van der Waals surface area contributed by atoms with Gasteiger partial charge in [-0.05, 0) is 43.3 Å². The van der Waals surface area contributed by atoms with Gasteiger partial charge in [-0.25, -0.2) is 0 Å². The molecule has 7 nitrogen and oxygen atoms in total. The minimum atomic E-state index is -0.447. The van der Waals surface area contributed by atoms with E-state index in [2.05, 4.69) is 16.0 Å². The standard InChI is InChI=1S/C18H19N3O4/c1-11(19-13-3-5-14(6-4-13)20-12(2)22)18(23)21-15-7-8-16-17(9-15)25-10-24-16/h3-9,11,19H,10H2,1-2H3,(H,20,22)(H,21,23). The third kappa shape index (κ3) is 4.20. The Morgan fingerprint density at radius 3 is 2.28 bits per heavy atom. The van der Waals surface area contributed by atoms with Gasteiger partial charge in [0.15, 0.2) is 11.5 Å². The van der Waals surface area contributed by atoms with E-state index in [1.807, 2.05) is 0 Å². The maximum atomic E-state index is 12.3. The largest absolute Gasteiger partial charge is 0.454 e. The van der Waals surface area contributed by atoms with E-state index in [4.69, 9.17) is 9.47 Å². The summed E-state index contributed by atoms with van der Waals surface area (Å²) in [5.41, 5.74) is 2.13. The van der Waals surface area contributed by atoms with E-state index in [1.54, 1.807) is 49.4 Å². The molecular weight excluding hydrogens is 322 g/mol. The molecule has 2 amide bonds. The summed E-state index contributed by atoms with van der Waals surface area (Å²) in [4.78, 5) is 23.3. The predicted octanol–water partition coefficient (Wildman–Crippen LogP) is 2.81. The molecular formula is C18H19N3O4. The lowest BCUT2D eigenvalue weighted by Crippen LogP contribution is -2.31. The molecule has 0 spiro atoms. The van der Waals surface area contributed by atoms with Crippen molar-refractivity contribution in [3.8, 4) is 11.5 Å². The molecule has 0 aromatic heterocycles. The van der Waals surface area contributed by atoms with Crippen molar-refractivity contribution in [1.82, 2.24) is 0 Å². The lowest BCUT2D eigenvalue weighted by molar-refractivity contribution is -0.116. The summed E-state index contributed by atoms with van der Waals surface area (Å²) < 4.78 is 10.5. The number of carbonyl (C=O) groups is 2. The zero-order valence-electron chi connectivity index (χ0n) is 14.0. The van der Waals surface area contributed by atoms with Gasteiger partial charge in [-0.15, -0.1) is 0 Å². The van der Waals surface area contributed by atoms with Crippen molar-refractivity contribution in [2.24, 2.45) is 0 Å². The first-order chi connectivity index (χ1) is 12.0. The number of hydrogen-bond acceptors (Lipinski definition) is 5. The highest BCUT2D eigenvalue weighted by Crippen LogP contribution is 2.34. The third-order valence-corrected chi connectivity index (χ3v) is 3.62. The fourth-order valence-electron chi connectivity index (χ4n) is 2.39. The highest BCUT2D eigenvalue weighted by Gasteiger charge is 2.16. The minimum absolute atomic E-state index is 0.128. The van der Waals surface area contributed by atoms with Crippen LogP contribution in [-0.2, 0) is 9.59 Å². The number of hydrogen-bond donors (Lipinski definition) is 3. The van der Waals surface area contributed by atoms with Crippen molar-refractivity contribution >= 4 is 28.9 Å². The summed E-state index contributed by atoms with van der Waals surface area (Å²) >= 11 is 0. The van der Waals surface area contributed by atoms with Crippen LogP contribution >= 0.6 is 0 Å². The molecule has 3 rings (SSSR count). The maximum absolute atomic E-state index is 12.3. The first-order valence-electron chi connectivity index (χ1n) is 7.86. The molecule has 0 fully saturated rings. The second kappa shape index (κ2) is 7.12. The summed E-state index contributed by atoms with van der Waals surface area (Å²) in [6, 6.07) is 12.0. The lowest BCUT2D eigenvalue weighted by Gasteiger charge is -2.16. The van der Waals surface area contributed by atoms with E-state index in [9.17, 15) is 9.59 Å². The number of rotatable bonds is 5. The van der Waals surface area contributed by atoms with E-state index in [0.29, 0.717) is 22.9 Å². The van der Waals surface area contributed by atoms with Crippen molar-refractivity contribution in [3.63, 3.8) is 0 Å². The van der Waals surface area contributed by atoms with E-state index in [-0.39, 0.29) is 18.6 Å². The van der Waals surface area contributed by atoms with E-state index in [0.717, 1.165) is 5.69 Å². The average Bonchev–Trinajstić information content (AvgIpc) is 3.03. The zero-order valence-corrected chi connectivity index (χ0v) is 14.0. The van der Waals surface area contributed by atoms with Gasteiger partial charge in [0.25, 0.3) is 0 Å². The lowest BCUT2D eigenvalue weighted by atomic mass is 10.2. The topological polar surface area (TPSA) is 88.7 Å². The molecule has 1 aliphatic heterocycles. The van der Waals surface area contributed by atoms with Gasteiger partial charge in [0.2, 0.25) is 18.6 Å². The third-order valence-electron chi connectivity index (χ3n) is 3.62. The number of carbonyl (C=O) groups excluding carboxylic acids is 2. The van der Waals surface area contributed by atoms with Crippen molar-refractivity contribution in [3.05, 3.63) is 42.5 Å². The Kier molecular flexibility index (Phi) is 4.74. The normalized spacial score (nSPS) is 13.0. The number of amides is 2. The number of benzene rings is 2. The van der Waals surface area contributed by atoms with Crippen LogP contribution in [0.25, 0.3) is 0 Å². The molecule has 0 saturated carbocycles. The molecule has 1 heterocycles. The van der Waals surface area contributed by atoms with Crippen LogP contribution in [0.4, 0.5) is 17.1 Å². The second-order valence-corrected chi connectivity index (χ2v) is 5.68. The van der Waals surface area contributed by atoms with Crippen LogP contribution in [0.15, 0.2) is 42.5 Å². The minimum Gasteiger partial charge on any atom is -0.454 e. The summed E-state index contributed by atoms with van der Waals surface area (Å²) in [5.74, 6) is 0.984. The van der Waals surface area contributed by atoms with Crippen LogP contribution in [0.1, 0.15) is 13.8 Å². The Morgan fingerprint density at radius 2 is 1.56 bits per heavy atom. The maximum Gasteiger partial charge on any atom is 0.246 e. The SMILES string of the molecule is CC(=O)Nc1ccc(NC(C)C(=O)Nc2ccc3c(c2)OCO3)cc1. The molecule has 0 bridgehead atoms. The van der Waals surface area contributed by atoms with Gasteiger partial charge in [0.1, 0.15) is 6.04 Å². The molecule has 7 heteroatoms. The van der Waals surface area contributed by atoms with Crippen LogP contribution in [0.5, 0.6) is 11.5 Å². The Balaban J connectivity index is 1.58. The van der Waals surface area contributed by atoms with E-state index >= 15 is 0 Å². The molecule has 3 N–H and O–H groups in total. The molecule has 2 aromatic carbocycles. The Hall–Kier alpha value is -3.22. The van der Waals surface area contributed by atoms with Gasteiger partial charge in [0, 0.05) is 30.1 Å². The fraction of sp³-hybridized carbons (Fsp3) is 0.222. The van der Waals surface area contributed by atoms with Crippen molar-refractivity contribution < 1.29 is 19.1 Å². The van der Waals surface area contributed by atoms with Gasteiger partial charge in [0.05, 0.1) is 0 Å². The van der Waals surface area contributed by atoms with Gasteiger partial charge in [-0.1, -0.05) is 0 Å².